The Bertz CT molecular complexity index is 478. The van der Waals surface area contributed by atoms with Crippen LogP contribution in [-0.2, 0) is 4.79 Å². The Morgan fingerprint density at radius 2 is 1.71 bits per heavy atom. The molecule has 116 valence electrons. The fourth-order valence-electron chi connectivity index (χ4n) is 2.92. The van der Waals surface area contributed by atoms with E-state index in [2.05, 4.69) is 49.9 Å². The summed E-state index contributed by atoms with van der Waals surface area (Å²) >= 11 is 0. The van der Waals surface area contributed by atoms with E-state index in [0.717, 1.165) is 19.6 Å². The van der Waals surface area contributed by atoms with Crippen molar-refractivity contribution < 1.29 is 4.79 Å². The van der Waals surface area contributed by atoms with Crippen LogP contribution < -0.4 is 4.90 Å². The summed E-state index contributed by atoms with van der Waals surface area (Å²) in [5.74, 6) is 0.931. The summed E-state index contributed by atoms with van der Waals surface area (Å²) in [7, 11) is 0. The smallest absolute Gasteiger partial charge is 0.225 e. The Morgan fingerprint density at radius 3 is 2.19 bits per heavy atom. The van der Waals surface area contributed by atoms with Crippen molar-refractivity contribution in [3.05, 3.63) is 29.8 Å². The maximum atomic E-state index is 12.2. The van der Waals surface area contributed by atoms with Gasteiger partial charge in [0.15, 0.2) is 0 Å². The van der Waals surface area contributed by atoms with E-state index in [-0.39, 0.29) is 17.9 Å². The summed E-state index contributed by atoms with van der Waals surface area (Å²) in [6.45, 7) is 13.2. The van der Waals surface area contributed by atoms with Crippen molar-refractivity contribution in [3.8, 4) is 0 Å². The van der Waals surface area contributed by atoms with Gasteiger partial charge in [0.05, 0.1) is 0 Å². The summed E-state index contributed by atoms with van der Waals surface area (Å²) in [4.78, 5) is 16.6. The van der Waals surface area contributed by atoms with Crippen LogP contribution in [0, 0.1) is 5.92 Å². The van der Waals surface area contributed by atoms with Gasteiger partial charge in [0.25, 0.3) is 0 Å². The number of carbonyl (C=O) groups is 1. The van der Waals surface area contributed by atoms with Gasteiger partial charge in [-0.3, -0.25) is 4.79 Å². The molecule has 0 saturated carbocycles. The van der Waals surface area contributed by atoms with Crippen LogP contribution in [-0.4, -0.2) is 36.5 Å². The van der Waals surface area contributed by atoms with E-state index in [1.54, 1.807) is 0 Å². The maximum absolute atomic E-state index is 12.2. The molecule has 3 heteroatoms. The molecule has 0 radical (unpaired) electrons. The van der Waals surface area contributed by atoms with Gasteiger partial charge < -0.3 is 9.80 Å². The minimum atomic E-state index is 0.0873. The third-order valence-corrected chi connectivity index (χ3v) is 4.33. The van der Waals surface area contributed by atoms with Crippen LogP contribution in [0.1, 0.15) is 46.1 Å². The lowest BCUT2D eigenvalue weighted by Crippen LogP contribution is -2.55. The molecule has 1 heterocycles. The van der Waals surface area contributed by atoms with E-state index in [1.165, 1.54) is 11.3 Å². The molecule has 1 amide bonds. The molecule has 1 aliphatic rings. The summed E-state index contributed by atoms with van der Waals surface area (Å²) in [6.07, 6.45) is 0. The second-order valence-corrected chi connectivity index (χ2v) is 6.73. The zero-order valence-corrected chi connectivity index (χ0v) is 14.0. The summed E-state index contributed by atoms with van der Waals surface area (Å²) in [5, 5.41) is 0. The van der Waals surface area contributed by atoms with E-state index >= 15 is 0 Å². The normalized spacial score (nSPS) is 19.5. The molecular weight excluding hydrogens is 260 g/mol. The number of anilines is 1. The molecule has 21 heavy (non-hydrogen) atoms. The Kier molecular flexibility index (Phi) is 4.92. The molecule has 0 unspecified atom stereocenters. The molecule has 2 rings (SSSR count). The van der Waals surface area contributed by atoms with Crippen molar-refractivity contribution in [1.82, 2.24) is 4.90 Å². The molecule has 1 aromatic rings. The van der Waals surface area contributed by atoms with Crippen molar-refractivity contribution in [1.29, 1.82) is 0 Å². The number of piperazine rings is 1. The molecule has 1 aromatic carbocycles. The van der Waals surface area contributed by atoms with Crippen LogP contribution >= 0.6 is 0 Å². The lowest BCUT2D eigenvalue weighted by Gasteiger charge is -2.41. The molecular formula is C18H28N2O. The number of hydrogen-bond acceptors (Lipinski definition) is 2. The molecule has 1 fully saturated rings. The Labute approximate surface area is 128 Å². The lowest BCUT2D eigenvalue weighted by molar-refractivity contribution is -0.136. The lowest BCUT2D eigenvalue weighted by atomic mass is 10.0. The molecule has 0 aromatic heterocycles. The minimum Gasteiger partial charge on any atom is -0.368 e. The number of hydrogen-bond donors (Lipinski definition) is 0. The zero-order chi connectivity index (χ0) is 15.6. The van der Waals surface area contributed by atoms with E-state index in [9.17, 15) is 4.79 Å². The van der Waals surface area contributed by atoms with Gasteiger partial charge in [-0.05, 0) is 30.5 Å². The van der Waals surface area contributed by atoms with E-state index in [0.29, 0.717) is 5.92 Å². The highest BCUT2D eigenvalue weighted by atomic mass is 16.2. The number of carbonyl (C=O) groups excluding carboxylic acids is 1. The van der Waals surface area contributed by atoms with Crippen LogP contribution in [0.15, 0.2) is 24.3 Å². The first-order valence-electron chi connectivity index (χ1n) is 8.05. The number of nitrogens with zero attached hydrogens (tertiary/aromatic N) is 2. The third kappa shape index (κ3) is 3.58. The number of amides is 1. The van der Waals surface area contributed by atoms with E-state index < -0.39 is 0 Å². The first kappa shape index (κ1) is 15.9. The molecule has 0 bridgehead atoms. The molecule has 1 atom stereocenters. The predicted octanol–water partition coefficient (Wildman–Crippen LogP) is 3.50. The SMILES string of the molecule is CC(C)C(=O)N1CCN(c2ccc(C(C)C)cc2)C[C@@H]1C. The molecule has 3 nitrogen and oxygen atoms in total. The van der Waals surface area contributed by atoms with Gasteiger partial charge in [0.2, 0.25) is 5.91 Å². The molecule has 1 aliphatic heterocycles. The maximum Gasteiger partial charge on any atom is 0.225 e. The quantitative estimate of drug-likeness (QED) is 0.850. The van der Waals surface area contributed by atoms with Gasteiger partial charge in [0.1, 0.15) is 0 Å². The van der Waals surface area contributed by atoms with Crippen molar-refractivity contribution in [2.24, 2.45) is 5.92 Å². The van der Waals surface area contributed by atoms with Crippen LogP contribution in [0.2, 0.25) is 0 Å². The minimum absolute atomic E-state index is 0.0873. The summed E-state index contributed by atoms with van der Waals surface area (Å²) in [6, 6.07) is 9.13. The topological polar surface area (TPSA) is 23.6 Å². The highest BCUT2D eigenvalue weighted by molar-refractivity contribution is 5.78. The van der Waals surface area contributed by atoms with Crippen molar-refractivity contribution >= 4 is 11.6 Å². The first-order valence-corrected chi connectivity index (χ1v) is 8.05. The Morgan fingerprint density at radius 1 is 1.10 bits per heavy atom. The average Bonchev–Trinajstić information content (AvgIpc) is 2.46. The van der Waals surface area contributed by atoms with Gasteiger partial charge in [-0.1, -0.05) is 39.8 Å². The van der Waals surface area contributed by atoms with E-state index in [4.69, 9.17) is 0 Å². The van der Waals surface area contributed by atoms with Crippen LogP contribution in [0.4, 0.5) is 5.69 Å². The summed E-state index contributed by atoms with van der Waals surface area (Å²) < 4.78 is 0. The van der Waals surface area contributed by atoms with E-state index in [1.807, 2.05) is 18.7 Å². The highest BCUT2D eigenvalue weighted by Crippen LogP contribution is 2.23. The molecule has 0 N–H and O–H groups in total. The van der Waals surface area contributed by atoms with Crippen molar-refractivity contribution in [3.63, 3.8) is 0 Å². The van der Waals surface area contributed by atoms with Crippen molar-refractivity contribution in [2.45, 2.75) is 46.6 Å². The summed E-state index contributed by atoms with van der Waals surface area (Å²) in [5.41, 5.74) is 2.64. The van der Waals surface area contributed by atoms with Gasteiger partial charge >= 0.3 is 0 Å². The number of rotatable bonds is 3. The van der Waals surface area contributed by atoms with Gasteiger partial charge in [0, 0.05) is 37.3 Å². The Balaban J connectivity index is 2.03. The first-order chi connectivity index (χ1) is 9.90. The van der Waals surface area contributed by atoms with Crippen LogP contribution in [0.3, 0.4) is 0 Å². The largest absolute Gasteiger partial charge is 0.368 e. The molecule has 0 aliphatic carbocycles. The van der Waals surface area contributed by atoms with Crippen molar-refractivity contribution in [2.75, 3.05) is 24.5 Å². The average molecular weight is 288 g/mol. The Hall–Kier alpha value is -1.51. The number of benzene rings is 1. The highest BCUT2D eigenvalue weighted by Gasteiger charge is 2.28. The van der Waals surface area contributed by atoms with Crippen LogP contribution in [0.5, 0.6) is 0 Å². The molecule has 1 saturated heterocycles. The van der Waals surface area contributed by atoms with Gasteiger partial charge in [-0.25, -0.2) is 0 Å². The van der Waals surface area contributed by atoms with Gasteiger partial charge in [-0.2, -0.15) is 0 Å². The third-order valence-electron chi connectivity index (χ3n) is 4.33. The molecule has 0 spiro atoms. The second-order valence-electron chi connectivity index (χ2n) is 6.73. The standard InChI is InChI=1S/C18H28N2O/c1-13(2)16-6-8-17(9-7-16)19-10-11-20(15(5)12-19)18(21)14(3)4/h6-9,13-15H,10-12H2,1-5H3/t15-/m0/s1. The van der Waals surface area contributed by atoms with Crippen LogP contribution in [0.25, 0.3) is 0 Å². The zero-order valence-electron chi connectivity index (χ0n) is 14.0. The second kappa shape index (κ2) is 6.50. The monoisotopic (exact) mass is 288 g/mol. The fraction of sp³-hybridized carbons (Fsp3) is 0.611. The predicted molar refractivity (Wildman–Crippen MR) is 88.8 cm³/mol. The fourth-order valence-corrected chi connectivity index (χ4v) is 2.92. The van der Waals surface area contributed by atoms with Gasteiger partial charge in [-0.15, -0.1) is 0 Å².